The SMILES string of the molecule is Fc1ccc(CC(CBr)c2ccc(Br)cc2)c(F)c1. The van der Waals surface area contributed by atoms with Gasteiger partial charge in [-0.1, -0.05) is 50.1 Å². The Morgan fingerprint density at radius 2 is 1.68 bits per heavy atom. The molecule has 0 fully saturated rings. The summed E-state index contributed by atoms with van der Waals surface area (Å²) < 4.78 is 27.6. The summed E-state index contributed by atoms with van der Waals surface area (Å²) >= 11 is 6.85. The molecule has 0 saturated heterocycles. The third-order valence-corrected chi connectivity index (χ3v) is 4.32. The van der Waals surface area contributed by atoms with Crippen molar-refractivity contribution in [2.24, 2.45) is 0 Å². The Hall–Kier alpha value is -0.740. The van der Waals surface area contributed by atoms with Crippen LogP contribution in [0.5, 0.6) is 0 Å². The second kappa shape index (κ2) is 6.62. The van der Waals surface area contributed by atoms with Crippen molar-refractivity contribution in [1.29, 1.82) is 0 Å². The predicted molar refractivity (Wildman–Crippen MR) is 80.7 cm³/mol. The van der Waals surface area contributed by atoms with Crippen LogP contribution in [0.2, 0.25) is 0 Å². The molecule has 2 aromatic rings. The van der Waals surface area contributed by atoms with E-state index in [1.807, 2.05) is 24.3 Å². The Morgan fingerprint density at radius 3 is 2.26 bits per heavy atom. The van der Waals surface area contributed by atoms with Crippen molar-refractivity contribution in [3.63, 3.8) is 0 Å². The molecular weight excluding hydrogens is 378 g/mol. The van der Waals surface area contributed by atoms with Crippen LogP contribution in [-0.4, -0.2) is 5.33 Å². The fraction of sp³-hybridized carbons (Fsp3) is 0.200. The molecule has 0 bridgehead atoms. The van der Waals surface area contributed by atoms with Crippen LogP contribution in [0.4, 0.5) is 8.78 Å². The van der Waals surface area contributed by atoms with Gasteiger partial charge < -0.3 is 0 Å². The molecule has 0 nitrogen and oxygen atoms in total. The number of hydrogen-bond acceptors (Lipinski definition) is 0. The molecule has 19 heavy (non-hydrogen) atoms. The largest absolute Gasteiger partial charge is 0.207 e. The van der Waals surface area contributed by atoms with Crippen LogP contribution in [0.15, 0.2) is 46.9 Å². The van der Waals surface area contributed by atoms with E-state index in [1.165, 1.54) is 12.1 Å². The predicted octanol–water partition coefficient (Wildman–Crippen LogP) is 5.45. The number of hydrogen-bond donors (Lipinski definition) is 0. The highest BCUT2D eigenvalue weighted by molar-refractivity contribution is 9.10. The highest BCUT2D eigenvalue weighted by Gasteiger charge is 2.14. The van der Waals surface area contributed by atoms with Crippen molar-refractivity contribution in [3.05, 3.63) is 69.7 Å². The Kier molecular flexibility index (Phi) is 5.11. The van der Waals surface area contributed by atoms with E-state index in [2.05, 4.69) is 31.9 Å². The molecule has 0 aliphatic carbocycles. The number of halogens is 4. The highest BCUT2D eigenvalue weighted by Crippen LogP contribution is 2.26. The standard InChI is InChI=1S/C15H12Br2F2/c16-9-12(10-1-4-13(17)5-2-10)7-11-3-6-14(18)8-15(11)19/h1-6,8,12H,7,9H2. The first kappa shape index (κ1) is 14.7. The summed E-state index contributed by atoms with van der Waals surface area (Å²) in [6.07, 6.45) is 0.541. The quantitative estimate of drug-likeness (QED) is 0.610. The molecule has 100 valence electrons. The smallest absolute Gasteiger partial charge is 0.129 e. The molecular formula is C15H12Br2F2. The Balaban J connectivity index is 2.21. The molecule has 1 unspecified atom stereocenters. The summed E-state index contributed by atoms with van der Waals surface area (Å²) in [6.45, 7) is 0. The Morgan fingerprint density at radius 1 is 1.00 bits per heavy atom. The van der Waals surface area contributed by atoms with E-state index in [0.29, 0.717) is 12.0 Å². The van der Waals surface area contributed by atoms with Crippen LogP contribution in [0.25, 0.3) is 0 Å². The van der Waals surface area contributed by atoms with Crippen LogP contribution in [-0.2, 0) is 6.42 Å². The van der Waals surface area contributed by atoms with Gasteiger partial charge in [-0.15, -0.1) is 0 Å². The van der Waals surface area contributed by atoms with Gasteiger partial charge in [0.25, 0.3) is 0 Å². The first-order valence-corrected chi connectivity index (χ1v) is 7.77. The molecule has 0 heterocycles. The average molecular weight is 390 g/mol. The monoisotopic (exact) mass is 388 g/mol. The molecule has 0 saturated carbocycles. The fourth-order valence-electron chi connectivity index (χ4n) is 1.95. The van der Waals surface area contributed by atoms with Gasteiger partial charge in [-0.25, -0.2) is 8.78 Å². The van der Waals surface area contributed by atoms with Crippen LogP contribution < -0.4 is 0 Å². The normalized spacial score (nSPS) is 12.4. The first-order valence-electron chi connectivity index (χ1n) is 5.85. The molecule has 0 spiro atoms. The van der Waals surface area contributed by atoms with E-state index in [9.17, 15) is 8.78 Å². The maximum Gasteiger partial charge on any atom is 0.129 e. The van der Waals surface area contributed by atoms with Crippen molar-refractivity contribution in [2.75, 3.05) is 5.33 Å². The third-order valence-electron chi connectivity index (χ3n) is 3.01. The van der Waals surface area contributed by atoms with E-state index in [4.69, 9.17) is 0 Å². The van der Waals surface area contributed by atoms with Gasteiger partial charge in [0.15, 0.2) is 0 Å². The van der Waals surface area contributed by atoms with Crippen LogP contribution in [0, 0.1) is 11.6 Å². The van der Waals surface area contributed by atoms with Crippen LogP contribution in [0.1, 0.15) is 17.0 Å². The average Bonchev–Trinajstić information content (AvgIpc) is 2.39. The molecule has 0 aliphatic rings. The molecule has 0 radical (unpaired) electrons. The van der Waals surface area contributed by atoms with E-state index >= 15 is 0 Å². The highest BCUT2D eigenvalue weighted by atomic mass is 79.9. The Bertz CT molecular complexity index is 553. The minimum absolute atomic E-state index is 0.160. The lowest BCUT2D eigenvalue weighted by Gasteiger charge is -2.15. The lowest BCUT2D eigenvalue weighted by molar-refractivity contribution is 0.566. The molecule has 2 rings (SSSR count). The topological polar surface area (TPSA) is 0 Å². The first-order chi connectivity index (χ1) is 9.10. The molecule has 4 heteroatoms. The zero-order valence-electron chi connectivity index (χ0n) is 10.0. The lowest BCUT2D eigenvalue weighted by atomic mass is 9.93. The second-order valence-electron chi connectivity index (χ2n) is 4.34. The van der Waals surface area contributed by atoms with Gasteiger partial charge in [-0.2, -0.15) is 0 Å². The molecule has 0 aliphatic heterocycles. The van der Waals surface area contributed by atoms with Gasteiger partial charge in [-0.3, -0.25) is 0 Å². The summed E-state index contributed by atoms with van der Waals surface area (Å²) in [6, 6.07) is 11.7. The van der Waals surface area contributed by atoms with E-state index < -0.39 is 11.6 Å². The maximum atomic E-state index is 13.7. The zero-order valence-corrected chi connectivity index (χ0v) is 13.2. The summed E-state index contributed by atoms with van der Waals surface area (Å²) in [4.78, 5) is 0. The van der Waals surface area contributed by atoms with Crippen molar-refractivity contribution < 1.29 is 8.78 Å². The van der Waals surface area contributed by atoms with E-state index in [-0.39, 0.29) is 5.92 Å². The molecule has 0 amide bonds. The van der Waals surface area contributed by atoms with Crippen LogP contribution >= 0.6 is 31.9 Å². The van der Waals surface area contributed by atoms with Crippen molar-refractivity contribution in [1.82, 2.24) is 0 Å². The van der Waals surface area contributed by atoms with Gasteiger partial charge in [0.1, 0.15) is 11.6 Å². The number of alkyl halides is 1. The van der Waals surface area contributed by atoms with Gasteiger partial charge in [0.05, 0.1) is 0 Å². The van der Waals surface area contributed by atoms with E-state index in [0.717, 1.165) is 21.4 Å². The number of benzene rings is 2. The summed E-state index contributed by atoms with van der Waals surface area (Å²) in [5.74, 6) is -0.864. The van der Waals surface area contributed by atoms with Gasteiger partial charge >= 0.3 is 0 Å². The minimum Gasteiger partial charge on any atom is -0.207 e. The maximum absolute atomic E-state index is 13.7. The Labute approximate surface area is 128 Å². The molecule has 2 aromatic carbocycles. The zero-order chi connectivity index (χ0) is 13.8. The van der Waals surface area contributed by atoms with Crippen molar-refractivity contribution >= 4 is 31.9 Å². The summed E-state index contributed by atoms with van der Waals surface area (Å²) in [5.41, 5.74) is 1.66. The minimum atomic E-state index is -0.541. The second-order valence-corrected chi connectivity index (χ2v) is 5.91. The van der Waals surface area contributed by atoms with Gasteiger partial charge in [-0.05, 0) is 41.7 Å². The lowest BCUT2D eigenvalue weighted by Crippen LogP contribution is -2.06. The summed E-state index contributed by atoms with van der Waals surface area (Å²) in [7, 11) is 0. The van der Waals surface area contributed by atoms with Gasteiger partial charge in [0, 0.05) is 15.9 Å². The molecule has 0 N–H and O–H groups in total. The van der Waals surface area contributed by atoms with E-state index in [1.54, 1.807) is 0 Å². The molecule has 1 atom stereocenters. The third kappa shape index (κ3) is 3.86. The van der Waals surface area contributed by atoms with Gasteiger partial charge in [0.2, 0.25) is 0 Å². The molecule has 0 aromatic heterocycles. The van der Waals surface area contributed by atoms with Crippen molar-refractivity contribution in [2.45, 2.75) is 12.3 Å². The number of rotatable bonds is 4. The van der Waals surface area contributed by atoms with Crippen LogP contribution in [0.3, 0.4) is 0 Å². The fourth-order valence-corrected chi connectivity index (χ4v) is 2.82. The van der Waals surface area contributed by atoms with Crippen molar-refractivity contribution in [3.8, 4) is 0 Å². The summed E-state index contributed by atoms with van der Waals surface area (Å²) in [5, 5.41) is 0.728.